The van der Waals surface area contributed by atoms with Crippen LogP contribution in [-0.4, -0.2) is 23.0 Å². The molecule has 4 heteroatoms. The number of halogens is 1. The summed E-state index contributed by atoms with van der Waals surface area (Å²) in [7, 11) is 0. The Bertz CT molecular complexity index is 337. The van der Waals surface area contributed by atoms with Crippen LogP contribution >= 0.6 is 11.6 Å². The second kappa shape index (κ2) is 6.64. The minimum absolute atomic E-state index is 0.0391. The van der Waals surface area contributed by atoms with E-state index in [4.69, 9.17) is 11.6 Å². The summed E-state index contributed by atoms with van der Waals surface area (Å²) in [6, 6.07) is 5.17. The van der Waals surface area contributed by atoms with Crippen LogP contribution in [0.2, 0.25) is 0 Å². The van der Waals surface area contributed by atoms with E-state index < -0.39 is 0 Å². The van der Waals surface area contributed by atoms with Crippen molar-refractivity contribution in [3.63, 3.8) is 0 Å². The predicted octanol–water partition coefficient (Wildman–Crippen LogP) is 1.46. The molecule has 1 aromatic heterocycles. The zero-order chi connectivity index (χ0) is 11.1. The average molecular weight is 229 g/mol. The van der Waals surface area contributed by atoms with E-state index >= 15 is 0 Å². The van der Waals surface area contributed by atoms with Gasteiger partial charge < -0.3 is 9.88 Å². The first-order valence-corrected chi connectivity index (χ1v) is 5.68. The van der Waals surface area contributed by atoms with Crippen LogP contribution in [0, 0.1) is 0 Å². The summed E-state index contributed by atoms with van der Waals surface area (Å²) in [5.74, 6) is 0. The van der Waals surface area contributed by atoms with Crippen LogP contribution in [0.25, 0.3) is 0 Å². The molecule has 0 bridgehead atoms. The predicted molar refractivity (Wildman–Crippen MR) is 63.5 cm³/mol. The van der Waals surface area contributed by atoms with Gasteiger partial charge in [0.2, 0.25) is 0 Å². The van der Waals surface area contributed by atoms with Crippen LogP contribution in [0.1, 0.15) is 13.3 Å². The van der Waals surface area contributed by atoms with Gasteiger partial charge in [0.25, 0.3) is 5.56 Å². The Labute approximate surface area is 95.1 Å². The molecule has 0 aliphatic rings. The summed E-state index contributed by atoms with van der Waals surface area (Å²) in [6.45, 7) is 4.31. The Hall–Kier alpha value is -0.800. The highest BCUT2D eigenvalue weighted by Crippen LogP contribution is 1.97. The van der Waals surface area contributed by atoms with Crippen LogP contribution in [0.15, 0.2) is 29.2 Å². The maximum absolute atomic E-state index is 11.3. The highest BCUT2D eigenvalue weighted by atomic mass is 35.5. The Balaban J connectivity index is 2.26. The lowest BCUT2D eigenvalue weighted by Crippen LogP contribution is -2.29. The van der Waals surface area contributed by atoms with Crippen LogP contribution < -0.4 is 10.9 Å². The summed E-state index contributed by atoms with van der Waals surface area (Å²) in [5.41, 5.74) is 0.0391. The van der Waals surface area contributed by atoms with Crippen molar-refractivity contribution in [3.05, 3.63) is 34.7 Å². The second-order valence-electron chi connectivity index (χ2n) is 3.44. The van der Waals surface area contributed by atoms with Crippen molar-refractivity contribution < 1.29 is 0 Å². The largest absolute Gasteiger partial charge is 0.314 e. The zero-order valence-corrected chi connectivity index (χ0v) is 9.70. The molecule has 0 saturated heterocycles. The molecule has 0 spiro atoms. The van der Waals surface area contributed by atoms with E-state index in [0.29, 0.717) is 6.54 Å². The van der Waals surface area contributed by atoms with Gasteiger partial charge in [0.05, 0.1) is 0 Å². The number of hydrogen-bond donors (Lipinski definition) is 1. The minimum atomic E-state index is 0.0391. The van der Waals surface area contributed by atoms with E-state index in [1.807, 2.05) is 6.07 Å². The molecule has 0 amide bonds. The summed E-state index contributed by atoms with van der Waals surface area (Å²) in [5, 5.41) is 3.40. The first-order valence-electron chi connectivity index (χ1n) is 5.24. The zero-order valence-electron chi connectivity index (χ0n) is 8.95. The first kappa shape index (κ1) is 12.3. The number of pyridine rings is 1. The summed E-state index contributed by atoms with van der Waals surface area (Å²) < 4.78 is 1.68. The van der Waals surface area contributed by atoms with Crippen LogP contribution in [0.4, 0.5) is 0 Å². The molecule has 3 nitrogen and oxygen atoms in total. The molecule has 0 radical (unpaired) electrons. The maximum atomic E-state index is 11.3. The monoisotopic (exact) mass is 228 g/mol. The molecule has 0 aliphatic carbocycles. The maximum Gasteiger partial charge on any atom is 0.250 e. The first-order chi connectivity index (χ1) is 7.24. The van der Waals surface area contributed by atoms with Gasteiger partial charge in [0, 0.05) is 37.3 Å². The van der Waals surface area contributed by atoms with Crippen molar-refractivity contribution in [2.24, 2.45) is 0 Å². The van der Waals surface area contributed by atoms with Gasteiger partial charge in [-0.25, -0.2) is 0 Å². The van der Waals surface area contributed by atoms with Gasteiger partial charge in [-0.2, -0.15) is 0 Å². The smallest absolute Gasteiger partial charge is 0.250 e. The number of nitrogens with one attached hydrogen (secondary N) is 1. The lowest BCUT2D eigenvalue weighted by atomic mass is 10.3. The Morgan fingerprint density at radius 2 is 2.33 bits per heavy atom. The Kier molecular flexibility index (Phi) is 5.43. The fraction of sp³-hybridized carbons (Fsp3) is 0.545. The van der Waals surface area contributed by atoms with Gasteiger partial charge in [-0.15, -0.1) is 11.6 Å². The Morgan fingerprint density at radius 3 is 3.00 bits per heavy atom. The van der Waals surface area contributed by atoms with Crippen molar-refractivity contribution >= 4 is 11.6 Å². The van der Waals surface area contributed by atoms with Crippen LogP contribution in [-0.2, 0) is 6.54 Å². The molecule has 1 atom stereocenters. The SMILES string of the molecule is CCC(Cl)CNCCn1ccccc1=O. The normalized spacial score (nSPS) is 12.7. The van der Waals surface area contributed by atoms with E-state index in [1.165, 1.54) is 0 Å². The third-order valence-corrected chi connectivity index (χ3v) is 2.70. The molecule has 0 saturated carbocycles. The number of rotatable bonds is 6. The molecule has 0 fully saturated rings. The standard InChI is InChI=1S/C11H17ClN2O/c1-2-10(12)9-13-6-8-14-7-4-3-5-11(14)15/h3-5,7,10,13H,2,6,8-9H2,1H3. The van der Waals surface area contributed by atoms with Crippen molar-refractivity contribution in [3.8, 4) is 0 Å². The second-order valence-corrected chi connectivity index (χ2v) is 4.06. The fourth-order valence-electron chi connectivity index (χ4n) is 1.25. The van der Waals surface area contributed by atoms with E-state index in [-0.39, 0.29) is 10.9 Å². The lowest BCUT2D eigenvalue weighted by molar-refractivity contribution is 0.573. The topological polar surface area (TPSA) is 34.0 Å². The molecule has 1 unspecified atom stereocenters. The fourth-order valence-corrected chi connectivity index (χ4v) is 1.36. The average Bonchev–Trinajstić information content (AvgIpc) is 2.26. The number of nitrogens with zero attached hydrogens (tertiary/aromatic N) is 1. The molecule has 1 aromatic rings. The number of alkyl halides is 1. The molecule has 0 aliphatic heterocycles. The van der Waals surface area contributed by atoms with Gasteiger partial charge >= 0.3 is 0 Å². The van der Waals surface area contributed by atoms with Crippen molar-refractivity contribution in [1.82, 2.24) is 9.88 Å². The molecular weight excluding hydrogens is 212 g/mol. The highest BCUT2D eigenvalue weighted by Gasteiger charge is 1.99. The molecule has 1 N–H and O–H groups in total. The van der Waals surface area contributed by atoms with Crippen molar-refractivity contribution in [2.45, 2.75) is 25.3 Å². The van der Waals surface area contributed by atoms with Crippen LogP contribution in [0.5, 0.6) is 0 Å². The highest BCUT2D eigenvalue weighted by molar-refractivity contribution is 6.20. The third kappa shape index (κ3) is 4.49. The molecule has 84 valence electrons. The molecule has 15 heavy (non-hydrogen) atoms. The van der Waals surface area contributed by atoms with Gasteiger partial charge in [-0.3, -0.25) is 4.79 Å². The van der Waals surface area contributed by atoms with Gasteiger partial charge in [0.15, 0.2) is 0 Å². The van der Waals surface area contributed by atoms with Crippen molar-refractivity contribution in [2.75, 3.05) is 13.1 Å². The van der Waals surface area contributed by atoms with E-state index in [0.717, 1.165) is 19.5 Å². The van der Waals surface area contributed by atoms with Crippen LogP contribution in [0.3, 0.4) is 0 Å². The lowest BCUT2D eigenvalue weighted by Gasteiger charge is -2.09. The van der Waals surface area contributed by atoms with Gasteiger partial charge in [0.1, 0.15) is 0 Å². The number of aromatic nitrogens is 1. The number of hydrogen-bond acceptors (Lipinski definition) is 2. The van der Waals surface area contributed by atoms with E-state index in [9.17, 15) is 4.79 Å². The van der Waals surface area contributed by atoms with Gasteiger partial charge in [-0.05, 0) is 12.5 Å². The molecule has 1 heterocycles. The van der Waals surface area contributed by atoms with Crippen molar-refractivity contribution in [1.29, 1.82) is 0 Å². The van der Waals surface area contributed by atoms with E-state index in [1.54, 1.807) is 22.9 Å². The van der Waals surface area contributed by atoms with Gasteiger partial charge in [-0.1, -0.05) is 13.0 Å². The summed E-state index contributed by atoms with van der Waals surface area (Å²) in [6.07, 6.45) is 2.75. The summed E-state index contributed by atoms with van der Waals surface area (Å²) >= 11 is 5.95. The minimum Gasteiger partial charge on any atom is -0.314 e. The molecule has 1 rings (SSSR count). The quantitative estimate of drug-likeness (QED) is 0.591. The summed E-state index contributed by atoms with van der Waals surface area (Å²) in [4.78, 5) is 11.3. The molecule has 0 aromatic carbocycles. The Morgan fingerprint density at radius 1 is 1.53 bits per heavy atom. The third-order valence-electron chi connectivity index (χ3n) is 2.24. The molecular formula is C11H17ClN2O. The van der Waals surface area contributed by atoms with E-state index in [2.05, 4.69) is 12.2 Å².